The number of hydrogen-bond acceptors (Lipinski definition) is 2. The van der Waals surface area contributed by atoms with Crippen molar-refractivity contribution in [3.63, 3.8) is 0 Å². The van der Waals surface area contributed by atoms with E-state index in [0.717, 1.165) is 10.2 Å². The molecule has 5 heteroatoms. The molecule has 0 spiro atoms. The molecule has 0 aromatic heterocycles. The van der Waals surface area contributed by atoms with E-state index in [4.69, 9.17) is 11.6 Å². The fraction of sp³-hybridized carbons (Fsp3) is 0.462. The van der Waals surface area contributed by atoms with Crippen LogP contribution in [0.25, 0.3) is 0 Å². The van der Waals surface area contributed by atoms with Gasteiger partial charge in [0.1, 0.15) is 6.04 Å². The lowest BCUT2D eigenvalue weighted by atomic mass is 10.1. The predicted octanol–water partition coefficient (Wildman–Crippen LogP) is 3.82. The molecule has 0 saturated carbocycles. The quantitative estimate of drug-likeness (QED) is 0.883. The number of hydrogen-bond donors (Lipinski definition) is 2. The minimum absolute atomic E-state index is 0.0542. The molecule has 0 fully saturated rings. The second kappa shape index (κ2) is 5.93. The Morgan fingerprint density at radius 1 is 1.39 bits per heavy atom. The Morgan fingerprint density at radius 3 is 2.50 bits per heavy atom. The molecule has 18 heavy (non-hydrogen) atoms. The van der Waals surface area contributed by atoms with Crippen molar-refractivity contribution in [1.82, 2.24) is 5.32 Å². The maximum absolute atomic E-state index is 11.9. The first-order valence-electron chi connectivity index (χ1n) is 5.72. The molecule has 0 saturated heterocycles. The van der Waals surface area contributed by atoms with Crippen LogP contribution in [0, 0.1) is 0 Å². The zero-order valence-corrected chi connectivity index (χ0v) is 13.3. The predicted molar refractivity (Wildman–Crippen MR) is 80.1 cm³/mol. The molecule has 3 nitrogen and oxygen atoms in total. The molecular formula is C13H18BrClN2O. The number of anilines is 1. The monoisotopic (exact) mass is 332 g/mol. The lowest BCUT2D eigenvalue weighted by Crippen LogP contribution is -2.47. The van der Waals surface area contributed by atoms with Crippen LogP contribution in [-0.4, -0.2) is 17.5 Å². The summed E-state index contributed by atoms with van der Waals surface area (Å²) < 4.78 is 0.907. The summed E-state index contributed by atoms with van der Waals surface area (Å²) in [5, 5.41) is 6.59. The number of benzene rings is 1. The van der Waals surface area contributed by atoms with Crippen molar-refractivity contribution < 1.29 is 4.79 Å². The van der Waals surface area contributed by atoms with E-state index >= 15 is 0 Å². The Hall–Kier alpha value is -0.740. The van der Waals surface area contributed by atoms with Crippen molar-refractivity contribution in [2.45, 2.75) is 39.3 Å². The fourth-order valence-electron chi connectivity index (χ4n) is 1.38. The van der Waals surface area contributed by atoms with E-state index in [1.54, 1.807) is 13.0 Å². The minimum atomic E-state index is -0.345. The summed E-state index contributed by atoms with van der Waals surface area (Å²) in [6.45, 7) is 7.65. The van der Waals surface area contributed by atoms with Gasteiger partial charge in [-0.1, -0.05) is 27.5 Å². The molecule has 1 unspecified atom stereocenters. The number of halogens is 2. The highest BCUT2D eigenvalue weighted by Crippen LogP contribution is 2.26. The van der Waals surface area contributed by atoms with E-state index in [1.807, 2.05) is 32.9 Å². The molecule has 2 N–H and O–H groups in total. The van der Waals surface area contributed by atoms with Gasteiger partial charge in [-0.15, -0.1) is 0 Å². The second-order valence-electron chi connectivity index (χ2n) is 5.23. The maximum Gasteiger partial charge on any atom is 0.242 e. The van der Waals surface area contributed by atoms with E-state index in [9.17, 15) is 4.79 Å². The van der Waals surface area contributed by atoms with Gasteiger partial charge in [-0.3, -0.25) is 4.79 Å². The normalized spacial score (nSPS) is 13.0. The van der Waals surface area contributed by atoms with Crippen LogP contribution in [0.1, 0.15) is 27.7 Å². The Kier molecular flexibility index (Phi) is 5.05. The highest BCUT2D eigenvalue weighted by atomic mass is 79.9. The van der Waals surface area contributed by atoms with Gasteiger partial charge in [0, 0.05) is 10.0 Å². The molecule has 0 heterocycles. The molecule has 0 radical (unpaired) electrons. The van der Waals surface area contributed by atoms with Gasteiger partial charge in [0.25, 0.3) is 0 Å². The van der Waals surface area contributed by atoms with Gasteiger partial charge < -0.3 is 10.6 Å². The minimum Gasteiger partial charge on any atom is -0.373 e. The lowest BCUT2D eigenvalue weighted by Gasteiger charge is -2.24. The molecule has 1 aromatic carbocycles. The Morgan fingerprint density at radius 2 is 2.00 bits per heavy atom. The molecule has 0 aliphatic rings. The topological polar surface area (TPSA) is 41.1 Å². The first kappa shape index (κ1) is 15.3. The molecular weight excluding hydrogens is 316 g/mol. The van der Waals surface area contributed by atoms with Crippen LogP contribution in [0.2, 0.25) is 5.02 Å². The molecule has 1 amide bonds. The second-order valence-corrected chi connectivity index (χ2v) is 6.55. The van der Waals surface area contributed by atoms with E-state index < -0.39 is 0 Å². The van der Waals surface area contributed by atoms with Gasteiger partial charge in [0.15, 0.2) is 0 Å². The van der Waals surface area contributed by atoms with Crippen LogP contribution >= 0.6 is 27.5 Å². The number of carbonyl (C=O) groups excluding carboxylic acids is 1. The summed E-state index contributed by atoms with van der Waals surface area (Å²) in [5.41, 5.74) is 0.507. The summed E-state index contributed by atoms with van der Waals surface area (Å²) in [4.78, 5) is 11.9. The third-order valence-electron chi connectivity index (χ3n) is 2.19. The van der Waals surface area contributed by atoms with Crippen molar-refractivity contribution in [2.75, 3.05) is 5.32 Å². The van der Waals surface area contributed by atoms with E-state index in [2.05, 4.69) is 26.6 Å². The third-order valence-corrected chi connectivity index (χ3v) is 3.00. The van der Waals surface area contributed by atoms with Crippen LogP contribution in [0.5, 0.6) is 0 Å². The largest absolute Gasteiger partial charge is 0.373 e. The zero-order chi connectivity index (χ0) is 13.9. The van der Waals surface area contributed by atoms with Crippen LogP contribution < -0.4 is 10.6 Å². The Balaban J connectivity index is 2.69. The number of nitrogens with one attached hydrogen (secondary N) is 2. The highest BCUT2D eigenvalue weighted by molar-refractivity contribution is 9.10. The average Bonchev–Trinajstić information content (AvgIpc) is 2.19. The van der Waals surface area contributed by atoms with E-state index in [0.29, 0.717) is 5.02 Å². The molecule has 1 rings (SSSR count). The van der Waals surface area contributed by atoms with E-state index in [1.165, 1.54) is 0 Å². The Bertz CT molecular complexity index is 443. The summed E-state index contributed by atoms with van der Waals surface area (Å²) in [6, 6.07) is 5.16. The number of rotatable bonds is 3. The smallest absolute Gasteiger partial charge is 0.242 e. The first-order chi connectivity index (χ1) is 8.19. The lowest BCUT2D eigenvalue weighted by molar-refractivity contribution is -0.122. The standard InChI is InChI=1S/C13H18BrClN2O/c1-8(12(18)17-13(2,3)4)16-11-6-5-9(14)7-10(11)15/h5-8,16H,1-4H3,(H,17,18). The maximum atomic E-state index is 11.9. The third kappa shape index (κ3) is 4.86. The number of amides is 1. The van der Waals surface area contributed by atoms with Gasteiger partial charge in [0.05, 0.1) is 10.7 Å². The molecule has 1 atom stereocenters. The first-order valence-corrected chi connectivity index (χ1v) is 6.90. The fourth-order valence-corrected chi connectivity index (χ4v) is 2.11. The van der Waals surface area contributed by atoms with Crippen molar-refractivity contribution in [2.24, 2.45) is 0 Å². The van der Waals surface area contributed by atoms with Gasteiger partial charge in [-0.25, -0.2) is 0 Å². The molecule has 1 aromatic rings. The SMILES string of the molecule is CC(Nc1ccc(Br)cc1Cl)C(=O)NC(C)(C)C. The van der Waals surface area contributed by atoms with Crippen LogP contribution in [0.4, 0.5) is 5.69 Å². The molecule has 0 aliphatic carbocycles. The summed E-state index contributed by atoms with van der Waals surface area (Å²) >= 11 is 9.43. The van der Waals surface area contributed by atoms with Gasteiger partial charge in [0.2, 0.25) is 5.91 Å². The number of carbonyl (C=O) groups is 1. The average molecular weight is 334 g/mol. The van der Waals surface area contributed by atoms with E-state index in [-0.39, 0.29) is 17.5 Å². The van der Waals surface area contributed by atoms with Crippen molar-refractivity contribution in [3.05, 3.63) is 27.7 Å². The van der Waals surface area contributed by atoms with Crippen LogP contribution in [0.15, 0.2) is 22.7 Å². The molecule has 0 aliphatic heterocycles. The zero-order valence-electron chi connectivity index (χ0n) is 11.0. The van der Waals surface area contributed by atoms with Crippen molar-refractivity contribution in [3.8, 4) is 0 Å². The van der Waals surface area contributed by atoms with Gasteiger partial charge in [-0.2, -0.15) is 0 Å². The van der Waals surface area contributed by atoms with Crippen LogP contribution in [0.3, 0.4) is 0 Å². The summed E-state index contributed by atoms with van der Waals surface area (Å²) in [5.74, 6) is -0.0542. The highest BCUT2D eigenvalue weighted by Gasteiger charge is 2.19. The van der Waals surface area contributed by atoms with Gasteiger partial charge >= 0.3 is 0 Å². The van der Waals surface area contributed by atoms with Crippen LogP contribution in [-0.2, 0) is 4.79 Å². The summed E-state index contributed by atoms with van der Waals surface area (Å²) in [7, 11) is 0. The van der Waals surface area contributed by atoms with Crippen molar-refractivity contribution in [1.29, 1.82) is 0 Å². The molecule has 0 bridgehead atoms. The van der Waals surface area contributed by atoms with Gasteiger partial charge in [-0.05, 0) is 45.9 Å². The van der Waals surface area contributed by atoms with Crippen molar-refractivity contribution >= 4 is 39.1 Å². The summed E-state index contributed by atoms with van der Waals surface area (Å²) in [6.07, 6.45) is 0. The Labute approximate surface area is 121 Å². The molecule has 100 valence electrons.